The number of aliphatic hydroxyl groups excluding tert-OH is 1. The molecule has 1 fully saturated rings. The van der Waals surface area contributed by atoms with Gasteiger partial charge in [0.05, 0.1) is 0 Å². The van der Waals surface area contributed by atoms with Gasteiger partial charge in [-0.15, -0.1) is 0 Å². The number of aromatic hydroxyl groups is 1. The summed E-state index contributed by atoms with van der Waals surface area (Å²) in [4.78, 5) is 2.43. The molecule has 2 heterocycles. The summed E-state index contributed by atoms with van der Waals surface area (Å²) in [5.41, 5.74) is 2.29. The van der Waals surface area contributed by atoms with Crippen LogP contribution in [0.25, 0.3) is 0 Å². The van der Waals surface area contributed by atoms with Crippen LogP contribution in [-0.4, -0.2) is 47.0 Å². The lowest BCUT2D eigenvalue weighted by molar-refractivity contribution is -0.0453. The molecule has 2 aliphatic heterocycles. The Labute approximate surface area is 128 Å². The van der Waals surface area contributed by atoms with Gasteiger partial charge in [-0.1, -0.05) is 18.2 Å². The van der Waals surface area contributed by atoms with Gasteiger partial charge in [0.1, 0.15) is 12.2 Å². The van der Waals surface area contributed by atoms with Crippen molar-refractivity contribution in [1.29, 1.82) is 0 Å². The van der Waals surface area contributed by atoms with E-state index in [0.717, 1.165) is 19.4 Å². The van der Waals surface area contributed by atoms with Gasteiger partial charge in [-0.25, -0.2) is 0 Å². The second-order valence-corrected chi connectivity index (χ2v) is 6.93. The summed E-state index contributed by atoms with van der Waals surface area (Å²) in [6.07, 6.45) is 5.18. The van der Waals surface area contributed by atoms with Crippen molar-refractivity contribution in [1.82, 2.24) is 4.90 Å². The Kier molecular flexibility index (Phi) is 2.70. The molecule has 0 aromatic heterocycles. The van der Waals surface area contributed by atoms with E-state index >= 15 is 0 Å². The lowest BCUT2D eigenvalue weighted by Gasteiger charge is -2.56. The molecule has 4 nitrogen and oxygen atoms in total. The highest BCUT2D eigenvalue weighted by Gasteiger charge is 2.64. The molecule has 0 radical (unpaired) electrons. The fraction of sp³-hybridized carbons (Fsp3) is 0.529. The van der Waals surface area contributed by atoms with E-state index in [9.17, 15) is 10.2 Å². The number of aliphatic hydroxyl groups is 1. The lowest BCUT2D eigenvalue weighted by atomic mass is 9.53. The minimum absolute atomic E-state index is 0. The van der Waals surface area contributed by atoms with Gasteiger partial charge >= 0.3 is 0 Å². The normalized spacial score (nSPS) is 40.6. The smallest absolute Gasteiger partial charge is 0.165 e. The zero-order chi connectivity index (χ0) is 14.4. The Hall–Kier alpha value is -1.59. The maximum Gasteiger partial charge on any atom is 0.165 e. The minimum atomic E-state index is -0.594. The predicted octanol–water partition coefficient (Wildman–Crippen LogP) is 1.35. The first-order valence-electron chi connectivity index (χ1n) is 7.71. The van der Waals surface area contributed by atoms with E-state index in [1.807, 2.05) is 12.1 Å². The number of nitrogens with zero attached hydrogens (tertiary/aromatic N) is 1. The number of likely N-dealkylation sites (N-methyl/N-ethyl adjacent to an activating group) is 1. The highest BCUT2D eigenvalue weighted by atomic mass is 19.0. The maximum absolute atomic E-state index is 10.4. The van der Waals surface area contributed by atoms with Gasteiger partial charge in [-0.3, -0.25) is 4.70 Å². The van der Waals surface area contributed by atoms with E-state index in [-0.39, 0.29) is 22.0 Å². The molecule has 5 rings (SSSR count). The van der Waals surface area contributed by atoms with E-state index in [0.29, 0.717) is 17.7 Å². The van der Waals surface area contributed by atoms with Crippen LogP contribution in [0.1, 0.15) is 17.5 Å². The molecule has 5 atom stereocenters. The van der Waals surface area contributed by atoms with Gasteiger partial charge in [-0.05, 0) is 38.1 Å². The molecular formula is C17H20FNO3. The molecule has 22 heavy (non-hydrogen) atoms. The predicted molar refractivity (Wildman–Crippen MR) is 80.1 cm³/mol. The lowest BCUT2D eigenvalue weighted by Crippen LogP contribution is -2.64. The van der Waals surface area contributed by atoms with Crippen molar-refractivity contribution in [3.8, 4) is 11.5 Å². The van der Waals surface area contributed by atoms with E-state index in [1.54, 1.807) is 6.07 Å². The second-order valence-electron chi connectivity index (χ2n) is 6.93. The topological polar surface area (TPSA) is 52.9 Å². The Morgan fingerprint density at radius 2 is 2.14 bits per heavy atom. The van der Waals surface area contributed by atoms with Gasteiger partial charge < -0.3 is 19.8 Å². The van der Waals surface area contributed by atoms with Crippen LogP contribution in [0.3, 0.4) is 0 Å². The molecule has 4 aliphatic rings. The maximum atomic E-state index is 10.4. The zero-order valence-corrected chi connectivity index (χ0v) is 12.4. The molecule has 0 amide bonds. The summed E-state index contributed by atoms with van der Waals surface area (Å²) >= 11 is 0. The molecule has 5 heteroatoms. The zero-order valence-electron chi connectivity index (χ0n) is 12.4. The largest absolute Gasteiger partial charge is 0.504 e. The number of phenols is 1. The summed E-state index contributed by atoms with van der Waals surface area (Å²) in [6, 6.07) is 4.23. The van der Waals surface area contributed by atoms with E-state index in [4.69, 9.17) is 4.74 Å². The Morgan fingerprint density at radius 1 is 1.32 bits per heavy atom. The molecule has 1 aromatic rings. The van der Waals surface area contributed by atoms with Crippen molar-refractivity contribution in [3.05, 3.63) is 35.4 Å². The monoisotopic (exact) mass is 305 g/mol. The number of benzene rings is 1. The summed E-state index contributed by atoms with van der Waals surface area (Å²) in [5.74, 6) is 1.19. The number of rotatable bonds is 0. The van der Waals surface area contributed by atoms with E-state index < -0.39 is 6.10 Å². The van der Waals surface area contributed by atoms with Crippen LogP contribution in [0.4, 0.5) is 4.70 Å². The first-order chi connectivity index (χ1) is 10.1. The molecule has 118 valence electrons. The number of phenolic OH excluding ortho intramolecular Hbond substituents is 1. The highest BCUT2D eigenvalue weighted by molar-refractivity contribution is 5.61. The van der Waals surface area contributed by atoms with E-state index in [1.165, 1.54) is 11.1 Å². The molecule has 1 aromatic carbocycles. The Morgan fingerprint density at radius 3 is 2.95 bits per heavy atom. The molecule has 1 saturated heterocycles. The third kappa shape index (κ3) is 1.35. The van der Waals surface area contributed by atoms with Gasteiger partial charge in [-0.2, -0.15) is 0 Å². The van der Waals surface area contributed by atoms with Crippen LogP contribution in [0.2, 0.25) is 0 Å². The number of ether oxygens (including phenoxy) is 1. The van der Waals surface area contributed by atoms with Gasteiger partial charge in [0, 0.05) is 22.9 Å². The molecule has 0 saturated carbocycles. The fourth-order valence-electron chi connectivity index (χ4n) is 5.24. The highest BCUT2D eigenvalue weighted by Crippen LogP contribution is 2.62. The number of likely N-dealkylation sites (tertiary alicyclic amines) is 1. The molecule has 2 bridgehead atoms. The molecule has 2 N–H and O–H groups in total. The average molecular weight is 305 g/mol. The Bertz CT molecular complexity index is 676. The number of hydrogen-bond acceptors (Lipinski definition) is 4. The number of hydrogen-bond donors (Lipinski definition) is 2. The van der Waals surface area contributed by atoms with Crippen LogP contribution in [-0.2, 0) is 11.8 Å². The first kappa shape index (κ1) is 14.0. The van der Waals surface area contributed by atoms with Crippen LogP contribution in [0, 0.1) is 5.92 Å². The van der Waals surface area contributed by atoms with Crippen LogP contribution in [0.15, 0.2) is 24.3 Å². The summed E-state index contributed by atoms with van der Waals surface area (Å²) in [6.45, 7) is 1.01. The fourth-order valence-corrected chi connectivity index (χ4v) is 5.24. The quantitative estimate of drug-likeness (QED) is 0.711. The number of piperidine rings is 1. The number of halogens is 1. The van der Waals surface area contributed by atoms with Gasteiger partial charge in [0.25, 0.3) is 0 Å². The van der Waals surface area contributed by atoms with Crippen LogP contribution >= 0.6 is 0 Å². The first-order valence-corrected chi connectivity index (χ1v) is 7.71. The van der Waals surface area contributed by atoms with Crippen molar-refractivity contribution < 1.29 is 19.7 Å². The van der Waals surface area contributed by atoms with Crippen LogP contribution in [0.5, 0.6) is 11.5 Å². The van der Waals surface area contributed by atoms with Crippen LogP contribution < -0.4 is 4.74 Å². The third-order valence-corrected chi connectivity index (χ3v) is 6.15. The molecule has 2 aliphatic carbocycles. The minimum Gasteiger partial charge on any atom is -0.504 e. The van der Waals surface area contributed by atoms with Crippen molar-refractivity contribution in [3.63, 3.8) is 0 Å². The third-order valence-electron chi connectivity index (χ3n) is 6.15. The Balaban J connectivity index is 0.00000125. The molecular weight excluding hydrogens is 285 g/mol. The second kappa shape index (κ2) is 4.24. The molecule has 1 spiro atoms. The van der Waals surface area contributed by atoms with Gasteiger partial charge in [0.2, 0.25) is 0 Å². The standard InChI is InChI=1S/C17H19NO3.FH/c1-18-7-6-17-10-3-5-13(20)16(17)21-15-12(19)4-2-9(14(15)17)8-11(10)18;/h2-5,10-11,13,16,19-20H,6-8H2,1H3;1H/t10-,11+,13-,16-,17-;/m0./s1. The molecule has 0 unspecified atom stereocenters. The summed E-state index contributed by atoms with van der Waals surface area (Å²) in [7, 11) is 2.19. The summed E-state index contributed by atoms with van der Waals surface area (Å²) in [5, 5.41) is 20.6. The van der Waals surface area contributed by atoms with Crippen molar-refractivity contribution in [2.75, 3.05) is 13.6 Å². The van der Waals surface area contributed by atoms with E-state index in [2.05, 4.69) is 18.0 Å². The average Bonchev–Trinajstić information content (AvgIpc) is 2.83. The van der Waals surface area contributed by atoms with Crippen molar-refractivity contribution >= 4 is 0 Å². The summed E-state index contributed by atoms with van der Waals surface area (Å²) < 4.78 is 6.09. The SMILES string of the molecule is CN1CC[C@]23c4c5ccc(O)c4O[C@H]2[C@@H](O)C=C[C@H]3[C@H]1C5.F. The van der Waals surface area contributed by atoms with Gasteiger partial charge in [0.15, 0.2) is 11.5 Å². The van der Waals surface area contributed by atoms with Crippen molar-refractivity contribution in [2.24, 2.45) is 5.92 Å². The van der Waals surface area contributed by atoms with Crippen molar-refractivity contribution in [2.45, 2.75) is 36.5 Å².